The van der Waals surface area contributed by atoms with Crippen molar-refractivity contribution >= 4 is 13.9 Å². The smallest absolute Gasteiger partial charge is 0.155 e. The van der Waals surface area contributed by atoms with Crippen LogP contribution in [0.3, 0.4) is 0 Å². The van der Waals surface area contributed by atoms with Crippen LogP contribution in [-0.2, 0) is 5.41 Å². The molecule has 0 unspecified atom stereocenters. The zero-order chi connectivity index (χ0) is 14.7. The summed E-state index contributed by atoms with van der Waals surface area (Å²) >= 11 is 0. The fourth-order valence-electron chi connectivity index (χ4n) is 2.62. The molecule has 0 aliphatic rings. The van der Waals surface area contributed by atoms with Crippen molar-refractivity contribution in [1.82, 2.24) is 9.97 Å². The van der Waals surface area contributed by atoms with Crippen molar-refractivity contribution < 1.29 is 0 Å². The topological polar surface area (TPSA) is 29.0 Å². The Bertz CT molecular complexity index is 383. The van der Waals surface area contributed by atoms with Gasteiger partial charge < -0.3 is 4.57 Å². The molecule has 1 heterocycles. The molecule has 0 saturated carbocycles. The third kappa shape index (κ3) is 3.35. The molecule has 0 aliphatic carbocycles. The second-order valence-corrected chi connectivity index (χ2v) is 11.6. The highest BCUT2D eigenvalue weighted by molar-refractivity contribution is 6.83. The Kier molecular flexibility index (Phi) is 5.13. The largest absolute Gasteiger partial charge is 0.397 e. The Balaban J connectivity index is 3.04. The Hall–Kier alpha value is -0.903. The van der Waals surface area contributed by atoms with Crippen molar-refractivity contribution in [3.63, 3.8) is 0 Å². The average Bonchev–Trinajstić information content (AvgIpc) is 2.40. The molecule has 0 amide bonds. The van der Waals surface area contributed by atoms with E-state index in [1.165, 1.54) is 23.8 Å². The van der Waals surface area contributed by atoms with Gasteiger partial charge >= 0.3 is 0 Å². The fraction of sp³-hybridized carbons (Fsp3) is 0.733. The van der Waals surface area contributed by atoms with E-state index >= 15 is 0 Å². The summed E-state index contributed by atoms with van der Waals surface area (Å²) in [5.74, 6) is 0.918. The first kappa shape index (κ1) is 16.2. The summed E-state index contributed by atoms with van der Waals surface area (Å²) < 4.78 is 2.49. The molecule has 1 rings (SSSR count). The highest BCUT2D eigenvalue weighted by atomic mass is 28.3. The molecule has 108 valence electrons. The van der Waals surface area contributed by atoms with Gasteiger partial charge in [-0.15, -0.1) is 0 Å². The van der Waals surface area contributed by atoms with Crippen LogP contribution in [0, 0.1) is 0 Å². The number of hydrogen-bond acceptors (Lipinski definition) is 3. The zero-order valence-electron chi connectivity index (χ0n) is 13.6. The van der Waals surface area contributed by atoms with Gasteiger partial charge in [-0.05, 0) is 25.2 Å². The van der Waals surface area contributed by atoms with Crippen LogP contribution in [-0.4, -0.2) is 25.3 Å². The molecule has 0 saturated heterocycles. The van der Waals surface area contributed by atoms with Crippen molar-refractivity contribution in [2.75, 3.05) is 11.6 Å². The van der Waals surface area contributed by atoms with Gasteiger partial charge in [-0.1, -0.05) is 41.5 Å². The summed E-state index contributed by atoms with van der Waals surface area (Å²) in [6.45, 7) is 13.4. The predicted molar refractivity (Wildman–Crippen MR) is 86.3 cm³/mol. The minimum Gasteiger partial charge on any atom is -0.397 e. The molecular formula is C15H29N3Si. The van der Waals surface area contributed by atoms with Crippen LogP contribution in [0.1, 0.15) is 47.4 Å². The van der Waals surface area contributed by atoms with Gasteiger partial charge in [0, 0.05) is 5.41 Å². The minimum atomic E-state index is -1.37. The van der Waals surface area contributed by atoms with Crippen molar-refractivity contribution in [2.24, 2.45) is 0 Å². The Labute approximate surface area is 119 Å². The molecule has 19 heavy (non-hydrogen) atoms. The highest BCUT2D eigenvalue weighted by Crippen LogP contribution is 2.28. The van der Waals surface area contributed by atoms with Crippen molar-refractivity contribution in [2.45, 2.75) is 65.1 Å². The molecule has 0 bridgehead atoms. The molecule has 0 fully saturated rings. The summed E-state index contributed by atoms with van der Waals surface area (Å²) in [6, 6.07) is 3.83. The summed E-state index contributed by atoms with van der Waals surface area (Å²) in [5, 5.41) is 0. The molecule has 3 nitrogen and oxygen atoms in total. The second-order valence-electron chi connectivity index (χ2n) is 6.36. The summed E-state index contributed by atoms with van der Waals surface area (Å²) in [5.41, 5.74) is 1.19. The number of anilines is 1. The number of hydrogen-bond donors (Lipinski definition) is 0. The lowest BCUT2D eigenvalue weighted by molar-refractivity contribution is 0.545. The molecule has 1 aromatic heterocycles. The van der Waals surface area contributed by atoms with Gasteiger partial charge in [0.05, 0.1) is 18.1 Å². The van der Waals surface area contributed by atoms with E-state index in [9.17, 15) is 0 Å². The first-order chi connectivity index (χ1) is 8.80. The number of rotatable bonds is 5. The Morgan fingerprint density at radius 3 is 1.74 bits per heavy atom. The van der Waals surface area contributed by atoms with Crippen LogP contribution in [0.15, 0.2) is 12.4 Å². The molecular weight excluding hydrogens is 250 g/mol. The van der Waals surface area contributed by atoms with Crippen molar-refractivity contribution in [3.05, 3.63) is 18.2 Å². The Morgan fingerprint density at radius 2 is 1.42 bits per heavy atom. The van der Waals surface area contributed by atoms with Gasteiger partial charge in [-0.2, -0.15) is 0 Å². The van der Waals surface area contributed by atoms with E-state index in [4.69, 9.17) is 0 Å². The zero-order valence-corrected chi connectivity index (χ0v) is 14.6. The van der Waals surface area contributed by atoms with Crippen LogP contribution in [0.25, 0.3) is 0 Å². The minimum absolute atomic E-state index is 0.0197. The van der Waals surface area contributed by atoms with Gasteiger partial charge in [-0.25, -0.2) is 9.97 Å². The molecule has 0 N–H and O–H groups in total. The lowest BCUT2D eigenvalue weighted by Gasteiger charge is -2.39. The van der Waals surface area contributed by atoms with Crippen LogP contribution in [0.5, 0.6) is 0 Å². The maximum absolute atomic E-state index is 4.56. The molecule has 0 atom stereocenters. The highest BCUT2D eigenvalue weighted by Gasteiger charge is 2.33. The summed E-state index contributed by atoms with van der Waals surface area (Å²) in [6.07, 6.45) is 3.99. The van der Waals surface area contributed by atoms with Gasteiger partial charge in [-0.3, -0.25) is 0 Å². The predicted octanol–water partition coefficient (Wildman–Crippen LogP) is 4.22. The van der Waals surface area contributed by atoms with Crippen LogP contribution < -0.4 is 4.57 Å². The summed E-state index contributed by atoms with van der Waals surface area (Å²) in [4.78, 5) is 9.11. The standard InChI is InChI=1S/C15H29N3Si/c1-8-19(9-2,10-3)18(7)13-11-16-14(17-12-13)15(4,5)6/h11-12H,8-10H2,1-7H3. The van der Waals surface area contributed by atoms with E-state index in [1.807, 2.05) is 12.4 Å². The van der Waals surface area contributed by atoms with Gasteiger partial charge in [0.25, 0.3) is 0 Å². The van der Waals surface area contributed by atoms with E-state index in [0.29, 0.717) is 0 Å². The van der Waals surface area contributed by atoms with Crippen LogP contribution in [0.2, 0.25) is 18.1 Å². The van der Waals surface area contributed by atoms with Gasteiger partial charge in [0.1, 0.15) is 5.82 Å². The first-order valence-corrected chi connectivity index (χ1v) is 9.94. The molecule has 4 heteroatoms. The molecule has 1 aromatic rings. The third-order valence-electron chi connectivity index (χ3n) is 4.38. The fourth-order valence-corrected chi connectivity index (χ4v) is 6.20. The maximum atomic E-state index is 4.56. The molecule has 0 radical (unpaired) electrons. The Morgan fingerprint density at radius 1 is 1.00 bits per heavy atom. The van der Waals surface area contributed by atoms with Gasteiger partial charge in [0.15, 0.2) is 8.24 Å². The third-order valence-corrected chi connectivity index (χ3v) is 10.0. The number of nitrogens with zero attached hydrogens (tertiary/aromatic N) is 3. The molecule has 0 aliphatic heterocycles. The SMILES string of the molecule is CC[Si](CC)(CC)N(C)c1cnc(C(C)(C)C)nc1. The van der Waals surface area contributed by atoms with E-state index in [-0.39, 0.29) is 5.41 Å². The quantitative estimate of drug-likeness (QED) is 0.756. The number of aromatic nitrogens is 2. The first-order valence-electron chi connectivity index (χ1n) is 7.37. The maximum Gasteiger partial charge on any atom is 0.155 e. The van der Waals surface area contributed by atoms with Crippen LogP contribution in [0.4, 0.5) is 5.69 Å². The van der Waals surface area contributed by atoms with E-state index in [0.717, 1.165) is 5.82 Å². The average molecular weight is 280 g/mol. The second kappa shape index (κ2) is 6.03. The van der Waals surface area contributed by atoms with E-state index in [1.54, 1.807) is 0 Å². The van der Waals surface area contributed by atoms with Gasteiger partial charge in [0.2, 0.25) is 0 Å². The van der Waals surface area contributed by atoms with Crippen molar-refractivity contribution in [3.8, 4) is 0 Å². The lowest BCUT2D eigenvalue weighted by atomic mass is 9.96. The van der Waals surface area contributed by atoms with E-state index < -0.39 is 8.24 Å². The lowest BCUT2D eigenvalue weighted by Crippen LogP contribution is -2.50. The molecule has 0 aromatic carbocycles. The monoisotopic (exact) mass is 279 g/mol. The van der Waals surface area contributed by atoms with E-state index in [2.05, 4.69) is 63.1 Å². The van der Waals surface area contributed by atoms with Crippen LogP contribution >= 0.6 is 0 Å². The summed E-state index contributed by atoms with van der Waals surface area (Å²) in [7, 11) is 0.849. The molecule has 0 spiro atoms. The normalized spacial score (nSPS) is 12.6. The van der Waals surface area contributed by atoms with Crippen molar-refractivity contribution in [1.29, 1.82) is 0 Å².